The Kier molecular flexibility index (Phi) is 5.92. The van der Waals surface area contributed by atoms with Crippen LogP contribution in [0.25, 0.3) is 0 Å². The van der Waals surface area contributed by atoms with Crippen molar-refractivity contribution in [3.05, 3.63) is 28.2 Å². The summed E-state index contributed by atoms with van der Waals surface area (Å²) in [6.07, 6.45) is 6.16. The molecule has 0 saturated carbocycles. The minimum absolute atomic E-state index is 0.329. The highest BCUT2D eigenvalue weighted by atomic mass is 32.1. The number of nitrogens with one attached hydrogen (secondary N) is 1. The van der Waals surface area contributed by atoms with E-state index in [1.54, 1.807) is 0 Å². The molecule has 0 fully saturated rings. The van der Waals surface area contributed by atoms with Crippen LogP contribution in [-0.2, 0) is 27.2 Å². The summed E-state index contributed by atoms with van der Waals surface area (Å²) in [5.74, 6) is -2.20. The topological polar surface area (TPSA) is 92.7 Å². The molecule has 0 aromatic carbocycles. The Bertz CT molecular complexity index is 647. The second kappa shape index (κ2) is 7.92. The van der Waals surface area contributed by atoms with Crippen LogP contribution in [-0.4, -0.2) is 29.6 Å². The van der Waals surface area contributed by atoms with Crippen LogP contribution in [0.2, 0.25) is 0 Å². The van der Waals surface area contributed by atoms with Crippen molar-refractivity contribution in [2.75, 3.05) is 11.9 Å². The second-order valence-corrected chi connectivity index (χ2v) is 6.32. The minimum Gasteiger partial charge on any atom is -0.478 e. The number of carbonyl (C=O) groups is 3. The van der Waals surface area contributed by atoms with Crippen molar-refractivity contribution >= 4 is 34.2 Å². The smallest absolute Gasteiger partial charge is 0.341 e. The molecule has 0 unspecified atom stereocenters. The van der Waals surface area contributed by atoms with Gasteiger partial charge in [0.1, 0.15) is 5.00 Å². The Morgan fingerprint density at radius 2 is 2.00 bits per heavy atom. The number of aliphatic carboxylic acids is 1. The van der Waals surface area contributed by atoms with Crippen LogP contribution in [0.4, 0.5) is 5.00 Å². The van der Waals surface area contributed by atoms with Crippen molar-refractivity contribution in [2.45, 2.75) is 39.0 Å². The lowest BCUT2D eigenvalue weighted by Crippen LogP contribution is -2.14. The molecule has 124 valence electrons. The molecule has 0 aliphatic heterocycles. The summed E-state index contributed by atoms with van der Waals surface area (Å²) in [6.45, 7) is 2.24. The number of esters is 1. The Hall–Kier alpha value is -2.15. The quantitative estimate of drug-likeness (QED) is 0.615. The zero-order valence-electron chi connectivity index (χ0n) is 12.9. The third-order valence-electron chi connectivity index (χ3n) is 3.43. The number of aryl methyl sites for hydroxylation is 1. The average Bonchev–Trinajstić information content (AvgIpc) is 2.88. The number of ether oxygens (including phenoxy) is 1. The average molecular weight is 337 g/mol. The van der Waals surface area contributed by atoms with Gasteiger partial charge in [-0.15, -0.1) is 11.3 Å². The number of rotatable bonds is 6. The maximum atomic E-state index is 12.3. The van der Waals surface area contributed by atoms with Crippen molar-refractivity contribution in [3.63, 3.8) is 0 Å². The first kappa shape index (κ1) is 17.2. The molecule has 1 aromatic rings. The predicted molar refractivity (Wildman–Crippen MR) is 86.9 cm³/mol. The number of thiophene rings is 1. The van der Waals surface area contributed by atoms with Gasteiger partial charge in [0, 0.05) is 17.0 Å². The van der Waals surface area contributed by atoms with Gasteiger partial charge in [0.15, 0.2) is 0 Å². The van der Waals surface area contributed by atoms with Crippen molar-refractivity contribution < 1.29 is 24.2 Å². The van der Waals surface area contributed by atoms with Crippen LogP contribution in [0.15, 0.2) is 12.2 Å². The molecule has 2 N–H and O–H groups in total. The fraction of sp³-hybridized carbons (Fsp3) is 0.438. The summed E-state index contributed by atoms with van der Waals surface area (Å²) < 4.78 is 5.23. The lowest BCUT2D eigenvalue weighted by atomic mass is 9.95. The van der Waals surface area contributed by atoms with E-state index in [9.17, 15) is 14.4 Å². The molecule has 0 radical (unpaired) electrons. The highest BCUT2D eigenvalue weighted by Crippen LogP contribution is 2.38. The molecule has 0 atom stereocenters. The van der Waals surface area contributed by atoms with Crippen LogP contribution >= 0.6 is 11.3 Å². The molecule has 0 saturated heterocycles. The van der Waals surface area contributed by atoms with Crippen LogP contribution in [0.3, 0.4) is 0 Å². The largest absolute Gasteiger partial charge is 0.478 e. The number of carboxylic acid groups (broad SMARTS) is 1. The summed E-state index contributed by atoms with van der Waals surface area (Å²) in [4.78, 5) is 35.7. The normalized spacial score (nSPS) is 13.6. The third kappa shape index (κ3) is 4.41. The van der Waals surface area contributed by atoms with E-state index in [1.165, 1.54) is 11.3 Å². The number of fused-ring (bicyclic) bond motifs is 1. The zero-order valence-corrected chi connectivity index (χ0v) is 13.7. The number of amides is 1. The first-order chi connectivity index (χ1) is 11.0. The van der Waals surface area contributed by atoms with Gasteiger partial charge in [0.05, 0.1) is 12.2 Å². The fourth-order valence-electron chi connectivity index (χ4n) is 2.44. The van der Waals surface area contributed by atoms with Crippen LogP contribution in [0.1, 0.15) is 47.0 Å². The van der Waals surface area contributed by atoms with Gasteiger partial charge in [-0.2, -0.15) is 0 Å². The summed E-state index contributed by atoms with van der Waals surface area (Å²) in [5.41, 5.74) is 1.38. The van der Waals surface area contributed by atoms with Gasteiger partial charge >= 0.3 is 11.9 Å². The molecule has 6 nitrogen and oxygen atoms in total. The molecule has 1 aromatic heterocycles. The molecule has 7 heteroatoms. The van der Waals surface area contributed by atoms with Crippen molar-refractivity contribution in [1.29, 1.82) is 0 Å². The summed E-state index contributed by atoms with van der Waals surface area (Å²) in [6, 6.07) is 0. The lowest BCUT2D eigenvalue weighted by Gasteiger charge is -2.12. The van der Waals surface area contributed by atoms with Gasteiger partial charge < -0.3 is 15.2 Å². The van der Waals surface area contributed by atoms with E-state index in [0.29, 0.717) is 17.2 Å². The number of anilines is 1. The number of carbonyl (C=O) groups excluding carboxylic acids is 2. The Morgan fingerprint density at radius 1 is 1.26 bits per heavy atom. The molecular formula is C16H19NO5S. The van der Waals surface area contributed by atoms with Gasteiger partial charge in [-0.05, 0) is 37.7 Å². The monoisotopic (exact) mass is 337 g/mol. The van der Waals surface area contributed by atoms with Crippen LogP contribution < -0.4 is 5.32 Å². The summed E-state index contributed by atoms with van der Waals surface area (Å²) >= 11 is 1.37. The molecular weight excluding hydrogens is 318 g/mol. The Labute approximate surface area is 138 Å². The minimum atomic E-state index is -1.20. The lowest BCUT2D eigenvalue weighted by molar-refractivity contribution is -0.131. The van der Waals surface area contributed by atoms with E-state index in [4.69, 9.17) is 9.84 Å². The maximum absolute atomic E-state index is 12.3. The maximum Gasteiger partial charge on any atom is 0.341 e. The second-order valence-electron chi connectivity index (χ2n) is 5.21. The summed E-state index contributed by atoms with van der Waals surface area (Å²) in [5, 5.41) is 11.6. The molecule has 1 heterocycles. The number of hydrogen-bond acceptors (Lipinski definition) is 5. The van der Waals surface area contributed by atoms with Gasteiger partial charge in [0.25, 0.3) is 0 Å². The zero-order chi connectivity index (χ0) is 16.8. The van der Waals surface area contributed by atoms with Crippen molar-refractivity contribution in [1.82, 2.24) is 0 Å². The van der Waals surface area contributed by atoms with Crippen molar-refractivity contribution in [2.24, 2.45) is 0 Å². The number of hydrogen-bond donors (Lipinski definition) is 2. The van der Waals surface area contributed by atoms with E-state index in [0.717, 1.165) is 54.7 Å². The fourth-order valence-corrected chi connectivity index (χ4v) is 3.72. The summed E-state index contributed by atoms with van der Waals surface area (Å²) in [7, 11) is 0. The first-order valence-corrected chi connectivity index (χ1v) is 8.38. The molecule has 1 aliphatic rings. The molecule has 0 bridgehead atoms. The van der Waals surface area contributed by atoms with Crippen LogP contribution in [0, 0.1) is 0 Å². The highest BCUT2D eigenvalue weighted by Gasteiger charge is 2.27. The van der Waals surface area contributed by atoms with Crippen molar-refractivity contribution in [3.8, 4) is 0 Å². The number of carboxylic acids is 1. The van der Waals surface area contributed by atoms with Gasteiger partial charge in [0.2, 0.25) is 5.91 Å². The van der Waals surface area contributed by atoms with Gasteiger partial charge in [-0.1, -0.05) is 6.92 Å². The Balaban J connectivity index is 2.27. The SMILES string of the molecule is CCCOC(=O)c1c(NC(=O)/C=C\C(=O)O)sc2c1CCCC2. The Morgan fingerprint density at radius 3 is 2.70 bits per heavy atom. The van der Waals surface area contributed by atoms with E-state index in [2.05, 4.69) is 5.32 Å². The molecule has 2 rings (SSSR count). The molecule has 0 spiro atoms. The van der Waals surface area contributed by atoms with Crippen LogP contribution in [0.5, 0.6) is 0 Å². The molecule has 23 heavy (non-hydrogen) atoms. The highest BCUT2D eigenvalue weighted by molar-refractivity contribution is 7.17. The van der Waals surface area contributed by atoms with E-state index in [1.807, 2.05) is 6.92 Å². The first-order valence-electron chi connectivity index (χ1n) is 7.56. The van der Waals surface area contributed by atoms with Gasteiger partial charge in [-0.3, -0.25) is 4.79 Å². The molecule has 1 aliphatic carbocycles. The standard InChI is InChI=1S/C16H19NO5S/c1-2-9-22-16(21)14-10-5-3-4-6-11(10)23-15(14)17-12(18)7-8-13(19)20/h7-8H,2-6,9H2,1H3,(H,17,18)(H,19,20)/b8-7-. The van der Waals surface area contributed by atoms with E-state index < -0.39 is 17.8 Å². The predicted octanol–water partition coefficient (Wildman–Crippen LogP) is 2.77. The van der Waals surface area contributed by atoms with E-state index >= 15 is 0 Å². The van der Waals surface area contributed by atoms with Gasteiger partial charge in [-0.25, -0.2) is 9.59 Å². The molecule has 1 amide bonds. The third-order valence-corrected chi connectivity index (χ3v) is 4.63. The van der Waals surface area contributed by atoms with E-state index in [-0.39, 0.29) is 0 Å².